The fourth-order valence-corrected chi connectivity index (χ4v) is 2.94. The SMILES string of the molecule is Cc1cc(N2CCC(OC(=O)NC(C)(C)C)CC2)cc(N)c1[N+](=O)[O-]. The summed E-state index contributed by atoms with van der Waals surface area (Å²) in [4.78, 5) is 24.5. The van der Waals surface area contributed by atoms with Crippen molar-refractivity contribution >= 4 is 23.2 Å². The number of piperidine rings is 1. The number of ether oxygens (including phenoxy) is 1. The first-order valence-electron chi connectivity index (χ1n) is 8.35. The highest BCUT2D eigenvalue weighted by Gasteiger charge is 2.26. The average Bonchev–Trinajstić information content (AvgIpc) is 2.44. The second-order valence-corrected chi connectivity index (χ2v) is 7.42. The summed E-state index contributed by atoms with van der Waals surface area (Å²) in [7, 11) is 0. The first-order chi connectivity index (χ1) is 11.6. The van der Waals surface area contributed by atoms with Crippen molar-refractivity contribution < 1.29 is 14.5 Å². The van der Waals surface area contributed by atoms with Gasteiger partial charge in [-0.05, 0) is 39.8 Å². The Balaban J connectivity index is 1.96. The number of nitrogens with zero attached hydrogens (tertiary/aromatic N) is 2. The second kappa shape index (κ2) is 7.16. The molecule has 1 amide bonds. The number of anilines is 2. The smallest absolute Gasteiger partial charge is 0.407 e. The van der Waals surface area contributed by atoms with Crippen molar-refractivity contribution in [2.24, 2.45) is 0 Å². The van der Waals surface area contributed by atoms with Crippen LogP contribution in [0.1, 0.15) is 39.2 Å². The molecule has 2 rings (SSSR count). The van der Waals surface area contributed by atoms with Crippen LogP contribution in [0.15, 0.2) is 12.1 Å². The van der Waals surface area contributed by atoms with Crippen molar-refractivity contribution in [1.29, 1.82) is 0 Å². The Morgan fingerprint density at radius 2 is 1.96 bits per heavy atom. The Hall–Kier alpha value is -2.51. The second-order valence-electron chi connectivity index (χ2n) is 7.42. The van der Waals surface area contributed by atoms with E-state index in [1.54, 1.807) is 19.1 Å². The maximum atomic E-state index is 11.8. The molecule has 0 aliphatic carbocycles. The average molecular weight is 350 g/mol. The van der Waals surface area contributed by atoms with Gasteiger partial charge in [0.15, 0.2) is 0 Å². The van der Waals surface area contributed by atoms with E-state index in [-0.39, 0.29) is 23.0 Å². The van der Waals surface area contributed by atoms with E-state index in [1.807, 2.05) is 20.8 Å². The summed E-state index contributed by atoms with van der Waals surface area (Å²) in [5, 5.41) is 13.8. The number of aryl methyl sites for hydroxylation is 1. The van der Waals surface area contributed by atoms with Crippen molar-refractivity contribution in [2.45, 2.75) is 52.2 Å². The number of nitro benzene ring substituents is 1. The Morgan fingerprint density at radius 1 is 1.36 bits per heavy atom. The third-order valence-corrected chi connectivity index (χ3v) is 4.06. The number of nitrogens with one attached hydrogen (secondary N) is 1. The van der Waals surface area contributed by atoms with Crippen LogP contribution in [0, 0.1) is 17.0 Å². The molecule has 0 spiro atoms. The van der Waals surface area contributed by atoms with Gasteiger partial charge in [0, 0.05) is 42.7 Å². The highest BCUT2D eigenvalue weighted by Crippen LogP contribution is 2.32. The van der Waals surface area contributed by atoms with Crippen LogP contribution < -0.4 is 16.0 Å². The van der Waals surface area contributed by atoms with Gasteiger partial charge in [0.05, 0.1) is 4.92 Å². The van der Waals surface area contributed by atoms with E-state index in [0.29, 0.717) is 31.5 Å². The molecule has 1 fully saturated rings. The summed E-state index contributed by atoms with van der Waals surface area (Å²) in [6.45, 7) is 8.79. The van der Waals surface area contributed by atoms with Crippen molar-refractivity contribution in [3.8, 4) is 0 Å². The third-order valence-electron chi connectivity index (χ3n) is 4.06. The van der Waals surface area contributed by atoms with Gasteiger partial charge in [-0.1, -0.05) is 0 Å². The molecule has 25 heavy (non-hydrogen) atoms. The predicted molar refractivity (Wildman–Crippen MR) is 96.9 cm³/mol. The highest BCUT2D eigenvalue weighted by atomic mass is 16.6. The van der Waals surface area contributed by atoms with E-state index in [1.165, 1.54) is 0 Å². The van der Waals surface area contributed by atoms with Gasteiger partial charge < -0.3 is 20.7 Å². The van der Waals surface area contributed by atoms with Gasteiger partial charge in [0.1, 0.15) is 11.8 Å². The minimum absolute atomic E-state index is 0.0409. The summed E-state index contributed by atoms with van der Waals surface area (Å²) in [6, 6.07) is 3.42. The summed E-state index contributed by atoms with van der Waals surface area (Å²) in [5.41, 5.74) is 7.04. The monoisotopic (exact) mass is 350 g/mol. The predicted octanol–water partition coefficient (Wildman–Crippen LogP) is 2.98. The van der Waals surface area contributed by atoms with E-state index in [2.05, 4.69) is 10.2 Å². The van der Waals surface area contributed by atoms with E-state index in [9.17, 15) is 14.9 Å². The number of nitro groups is 1. The van der Waals surface area contributed by atoms with Crippen molar-refractivity contribution in [3.05, 3.63) is 27.8 Å². The van der Waals surface area contributed by atoms with Crippen LogP contribution in [0.3, 0.4) is 0 Å². The standard InChI is InChI=1S/C17H26N4O4/c1-11-9-12(10-14(18)15(11)21(23)24)20-7-5-13(6-8-20)25-16(22)19-17(2,3)4/h9-10,13H,5-8,18H2,1-4H3,(H,19,22). The molecule has 1 aromatic carbocycles. The van der Waals surface area contributed by atoms with Crippen LogP contribution >= 0.6 is 0 Å². The number of benzene rings is 1. The number of nitrogens with two attached hydrogens (primary N) is 1. The quantitative estimate of drug-likeness (QED) is 0.492. The topological polar surface area (TPSA) is 111 Å². The van der Waals surface area contributed by atoms with Gasteiger partial charge in [0.2, 0.25) is 0 Å². The third kappa shape index (κ3) is 4.98. The minimum atomic E-state index is -0.456. The molecule has 1 aromatic rings. The molecular weight excluding hydrogens is 324 g/mol. The highest BCUT2D eigenvalue weighted by molar-refractivity contribution is 5.70. The summed E-state index contributed by atoms with van der Waals surface area (Å²) in [6.07, 6.45) is 0.873. The van der Waals surface area contributed by atoms with E-state index in [4.69, 9.17) is 10.5 Å². The number of carbonyl (C=O) groups excluding carboxylic acids is 1. The zero-order valence-electron chi connectivity index (χ0n) is 15.2. The molecule has 0 unspecified atom stereocenters. The molecule has 0 saturated carbocycles. The first-order valence-corrected chi connectivity index (χ1v) is 8.35. The van der Waals surface area contributed by atoms with Gasteiger partial charge in [-0.3, -0.25) is 10.1 Å². The molecular formula is C17H26N4O4. The molecule has 0 atom stereocenters. The number of hydrogen-bond acceptors (Lipinski definition) is 6. The zero-order chi connectivity index (χ0) is 18.8. The Bertz CT molecular complexity index is 638. The van der Waals surface area contributed by atoms with Gasteiger partial charge in [-0.25, -0.2) is 4.79 Å². The van der Waals surface area contributed by atoms with E-state index < -0.39 is 11.0 Å². The lowest BCUT2D eigenvalue weighted by Crippen LogP contribution is -2.44. The molecule has 1 saturated heterocycles. The first kappa shape index (κ1) is 18.8. The van der Waals surface area contributed by atoms with Crippen LogP contribution in [0.2, 0.25) is 0 Å². The summed E-state index contributed by atoms with van der Waals surface area (Å²) < 4.78 is 5.46. The van der Waals surface area contributed by atoms with Crippen LogP contribution in [-0.2, 0) is 4.74 Å². The molecule has 0 bridgehead atoms. The molecule has 8 nitrogen and oxygen atoms in total. The molecule has 0 radical (unpaired) electrons. The Labute approximate surface area is 147 Å². The summed E-state index contributed by atoms with van der Waals surface area (Å²) >= 11 is 0. The maximum absolute atomic E-state index is 11.8. The minimum Gasteiger partial charge on any atom is -0.446 e. The van der Waals surface area contributed by atoms with Gasteiger partial charge in [0.25, 0.3) is 5.69 Å². The zero-order valence-corrected chi connectivity index (χ0v) is 15.2. The van der Waals surface area contributed by atoms with Crippen LogP contribution in [-0.4, -0.2) is 35.7 Å². The lowest BCUT2D eigenvalue weighted by molar-refractivity contribution is -0.384. The molecule has 8 heteroatoms. The van der Waals surface area contributed by atoms with E-state index in [0.717, 1.165) is 5.69 Å². The van der Waals surface area contributed by atoms with E-state index >= 15 is 0 Å². The number of carbonyl (C=O) groups is 1. The van der Waals surface area contributed by atoms with Gasteiger partial charge in [-0.15, -0.1) is 0 Å². The van der Waals surface area contributed by atoms with Crippen molar-refractivity contribution in [3.63, 3.8) is 0 Å². The largest absolute Gasteiger partial charge is 0.446 e. The van der Waals surface area contributed by atoms with Crippen molar-refractivity contribution in [1.82, 2.24) is 5.32 Å². The normalized spacial score (nSPS) is 15.8. The molecule has 1 heterocycles. The lowest BCUT2D eigenvalue weighted by atomic mass is 10.1. The van der Waals surface area contributed by atoms with Crippen LogP contribution in [0.4, 0.5) is 21.9 Å². The number of rotatable bonds is 3. The van der Waals surface area contributed by atoms with Gasteiger partial charge in [-0.2, -0.15) is 0 Å². The molecule has 1 aliphatic heterocycles. The molecule has 0 aromatic heterocycles. The Kier molecular flexibility index (Phi) is 5.39. The fourth-order valence-electron chi connectivity index (χ4n) is 2.94. The number of amides is 1. The number of hydrogen-bond donors (Lipinski definition) is 2. The van der Waals surface area contributed by atoms with Crippen molar-refractivity contribution in [2.75, 3.05) is 23.7 Å². The van der Waals surface area contributed by atoms with Gasteiger partial charge >= 0.3 is 6.09 Å². The van der Waals surface area contributed by atoms with Crippen LogP contribution in [0.5, 0.6) is 0 Å². The molecule has 1 aliphatic rings. The Morgan fingerprint density at radius 3 is 2.44 bits per heavy atom. The number of nitrogen functional groups attached to an aromatic ring is 1. The fraction of sp³-hybridized carbons (Fsp3) is 0.588. The van der Waals surface area contributed by atoms with Crippen LogP contribution in [0.25, 0.3) is 0 Å². The maximum Gasteiger partial charge on any atom is 0.407 e. The molecule has 138 valence electrons. The molecule has 3 N–H and O–H groups in total. The lowest BCUT2D eigenvalue weighted by Gasteiger charge is -2.34. The number of alkyl carbamates (subject to hydrolysis) is 1. The summed E-state index contributed by atoms with van der Waals surface area (Å²) in [5.74, 6) is 0.